The number of aromatic nitrogens is 3. The van der Waals surface area contributed by atoms with E-state index in [0.717, 1.165) is 11.1 Å². The standard InChI is InChI=1S/C25H24N4O4/c1-17(28-25(31)15-29-21-6-4-3-5-20(21)22(30)14-27-29)19-7-8-23(24(13-19)32-2)33-16-18-9-11-26-12-10-18/h3-14,17H,15-16H2,1-2H3,(H,28,31). The second kappa shape index (κ2) is 9.95. The van der Waals surface area contributed by atoms with E-state index >= 15 is 0 Å². The van der Waals surface area contributed by atoms with Crippen LogP contribution in [0.3, 0.4) is 0 Å². The van der Waals surface area contributed by atoms with Crippen LogP contribution < -0.4 is 20.2 Å². The average Bonchev–Trinajstić information content (AvgIpc) is 2.85. The van der Waals surface area contributed by atoms with Gasteiger partial charge in [-0.3, -0.25) is 19.3 Å². The number of carbonyl (C=O) groups excluding carboxylic acids is 1. The van der Waals surface area contributed by atoms with Gasteiger partial charge in [0.05, 0.1) is 24.9 Å². The number of amides is 1. The van der Waals surface area contributed by atoms with Gasteiger partial charge in [-0.15, -0.1) is 0 Å². The molecular weight excluding hydrogens is 420 g/mol. The van der Waals surface area contributed by atoms with Crippen molar-refractivity contribution in [1.29, 1.82) is 0 Å². The Bertz CT molecular complexity index is 1320. The summed E-state index contributed by atoms with van der Waals surface area (Å²) in [6.07, 6.45) is 4.67. The number of benzene rings is 2. The maximum Gasteiger partial charge on any atom is 0.242 e. The van der Waals surface area contributed by atoms with Gasteiger partial charge in [-0.2, -0.15) is 5.10 Å². The minimum absolute atomic E-state index is 0.00457. The van der Waals surface area contributed by atoms with Gasteiger partial charge in [-0.25, -0.2) is 0 Å². The van der Waals surface area contributed by atoms with Crippen LogP contribution in [0.4, 0.5) is 0 Å². The molecule has 168 valence electrons. The zero-order valence-corrected chi connectivity index (χ0v) is 18.4. The lowest BCUT2D eigenvalue weighted by molar-refractivity contribution is -0.122. The fourth-order valence-corrected chi connectivity index (χ4v) is 3.51. The van der Waals surface area contributed by atoms with E-state index in [9.17, 15) is 9.59 Å². The molecule has 0 bridgehead atoms. The highest BCUT2D eigenvalue weighted by Gasteiger charge is 2.15. The molecule has 2 aromatic carbocycles. The van der Waals surface area contributed by atoms with Gasteiger partial charge in [0.1, 0.15) is 13.2 Å². The monoisotopic (exact) mass is 444 g/mol. The molecular formula is C25H24N4O4. The number of hydrogen-bond acceptors (Lipinski definition) is 6. The highest BCUT2D eigenvalue weighted by Crippen LogP contribution is 2.31. The van der Waals surface area contributed by atoms with Crippen molar-refractivity contribution in [3.63, 3.8) is 0 Å². The van der Waals surface area contributed by atoms with Crippen LogP contribution >= 0.6 is 0 Å². The van der Waals surface area contributed by atoms with E-state index in [1.165, 1.54) is 10.9 Å². The first kappa shape index (κ1) is 22.0. The number of ether oxygens (including phenoxy) is 2. The Balaban J connectivity index is 1.44. The zero-order valence-electron chi connectivity index (χ0n) is 18.4. The Labute approximate surface area is 190 Å². The average molecular weight is 444 g/mol. The Kier molecular flexibility index (Phi) is 6.64. The van der Waals surface area contributed by atoms with Crippen LogP contribution in [0.15, 0.2) is 78.0 Å². The van der Waals surface area contributed by atoms with E-state index in [1.807, 2.05) is 43.3 Å². The van der Waals surface area contributed by atoms with Crippen molar-refractivity contribution in [2.75, 3.05) is 7.11 Å². The second-order valence-electron chi connectivity index (χ2n) is 7.53. The number of para-hydroxylation sites is 1. The number of carbonyl (C=O) groups is 1. The van der Waals surface area contributed by atoms with Crippen LogP contribution in [0, 0.1) is 0 Å². The van der Waals surface area contributed by atoms with Gasteiger partial charge in [0, 0.05) is 17.8 Å². The summed E-state index contributed by atoms with van der Waals surface area (Å²) in [7, 11) is 1.58. The van der Waals surface area contributed by atoms with Gasteiger partial charge in [-0.05, 0) is 54.4 Å². The molecule has 0 saturated heterocycles. The number of hydrogen-bond donors (Lipinski definition) is 1. The lowest BCUT2D eigenvalue weighted by Gasteiger charge is -2.18. The number of fused-ring (bicyclic) bond motifs is 1. The molecule has 8 nitrogen and oxygen atoms in total. The first-order chi connectivity index (χ1) is 16.0. The molecule has 1 amide bonds. The van der Waals surface area contributed by atoms with Crippen molar-refractivity contribution in [2.24, 2.45) is 0 Å². The van der Waals surface area contributed by atoms with Gasteiger partial charge in [-0.1, -0.05) is 18.2 Å². The summed E-state index contributed by atoms with van der Waals surface area (Å²) < 4.78 is 12.9. The third kappa shape index (κ3) is 5.17. The van der Waals surface area contributed by atoms with Crippen LogP contribution in [0.1, 0.15) is 24.1 Å². The number of nitrogens with one attached hydrogen (secondary N) is 1. The SMILES string of the molecule is COc1cc(C(C)NC(=O)Cn2ncc(=O)c3ccccc32)ccc1OCc1ccncc1. The van der Waals surface area contributed by atoms with Gasteiger partial charge in [0.25, 0.3) is 0 Å². The second-order valence-corrected chi connectivity index (χ2v) is 7.53. The van der Waals surface area contributed by atoms with Gasteiger partial charge >= 0.3 is 0 Å². The molecule has 0 fully saturated rings. The summed E-state index contributed by atoms with van der Waals surface area (Å²) in [6, 6.07) is 16.2. The van der Waals surface area contributed by atoms with Crippen molar-refractivity contribution >= 4 is 16.8 Å². The fourth-order valence-electron chi connectivity index (χ4n) is 3.51. The summed E-state index contributed by atoms with van der Waals surface area (Å²) in [5.41, 5.74) is 2.31. The molecule has 1 unspecified atom stereocenters. The molecule has 33 heavy (non-hydrogen) atoms. The largest absolute Gasteiger partial charge is 0.493 e. The molecule has 2 aromatic heterocycles. The Hall–Kier alpha value is -4.20. The van der Waals surface area contributed by atoms with Crippen LogP contribution in [0.5, 0.6) is 11.5 Å². The molecule has 0 aliphatic heterocycles. The molecule has 0 aliphatic carbocycles. The number of methoxy groups -OCH3 is 1. The minimum Gasteiger partial charge on any atom is -0.493 e. The highest BCUT2D eigenvalue weighted by molar-refractivity contribution is 5.81. The molecule has 0 saturated carbocycles. The lowest BCUT2D eigenvalue weighted by Crippen LogP contribution is -2.31. The summed E-state index contributed by atoms with van der Waals surface area (Å²) >= 11 is 0. The van der Waals surface area contributed by atoms with Gasteiger partial charge in [0.2, 0.25) is 11.3 Å². The molecule has 2 heterocycles. The first-order valence-electron chi connectivity index (χ1n) is 10.5. The highest BCUT2D eigenvalue weighted by atomic mass is 16.5. The topological polar surface area (TPSA) is 95.3 Å². The first-order valence-corrected chi connectivity index (χ1v) is 10.5. The summed E-state index contributed by atoms with van der Waals surface area (Å²) in [5, 5.41) is 7.61. The summed E-state index contributed by atoms with van der Waals surface area (Å²) in [4.78, 5) is 28.7. The molecule has 4 aromatic rings. The Morgan fingerprint density at radius 2 is 1.88 bits per heavy atom. The van der Waals surface area contributed by atoms with Crippen LogP contribution in [0.25, 0.3) is 10.9 Å². The van der Waals surface area contributed by atoms with Crippen LogP contribution in [-0.4, -0.2) is 27.8 Å². The van der Waals surface area contributed by atoms with Crippen molar-refractivity contribution in [1.82, 2.24) is 20.1 Å². The van der Waals surface area contributed by atoms with E-state index in [0.29, 0.717) is 29.0 Å². The molecule has 0 radical (unpaired) electrons. The summed E-state index contributed by atoms with van der Waals surface area (Å²) in [5.74, 6) is 0.969. The summed E-state index contributed by atoms with van der Waals surface area (Å²) in [6.45, 7) is 2.28. The molecule has 8 heteroatoms. The third-order valence-corrected chi connectivity index (χ3v) is 5.26. The molecule has 1 atom stereocenters. The minimum atomic E-state index is -0.272. The van der Waals surface area contributed by atoms with Crippen LogP contribution in [0.2, 0.25) is 0 Å². The normalized spacial score (nSPS) is 11.7. The van der Waals surface area contributed by atoms with E-state index in [2.05, 4.69) is 15.4 Å². The smallest absolute Gasteiger partial charge is 0.242 e. The Morgan fingerprint density at radius 3 is 2.67 bits per heavy atom. The van der Waals surface area contributed by atoms with Gasteiger partial charge < -0.3 is 14.8 Å². The third-order valence-electron chi connectivity index (χ3n) is 5.26. The lowest BCUT2D eigenvalue weighted by atomic mass is 10.1. The molecule has 1 N–H and O–H groups in total. The quantitative estimate of drug-likeness (QED) is 0.448. The number of rotatable bonds is 8. The predicted octanol–water partition coefficient (Wildman–Crippen LogP) is 3.26. The fraction of sp³-hybridized carbons (Fsp3) is 0.200. The van der Waals surface area contributed by atoms with Gasteiger partial charge in [0.15, 0.2) is 11.5 Å². The predicted molar refractivity (Wildman–Crippen MR) is 124 cm³/mol. The molecule has 0 spiro atoms. The van der Waals surface area contributed by atoms with Crippen molar-refractivity contribution in [3.05, 3.63) is 94.5 Å². The van der Waals surface area contributed by atoms with Crippen molar-refractivity contribution in [2.45, 2.75) is 26.1 Å². The maximum atomic E-state index is 12.7. The van der Waals surface area contributed by atoms with Crippen molar-refractivity contribution < 1.29 is 14.3 Å². The van der Waals surface area contributed by atoms with E-state index < -0.39 is 0 Å². The Morgan fingerprint density at radius 1 is 1.09 bits per heavy atom. The molecule has 4 rings (SSSR count). The van der Waals surface area contributed by atoms with E-state index in [4.69, 9.17) is 9.47 Å². The van der Waals surface area contributed by atoms with Crippen LogP contribution in [-0.2, 0) is 17.9 Å². The van der Waals surface area contributed by atoms with E-state index in [-0.39, 0.29) is 23.9 Å². The number of pyridine rings is 1. The zero-order chi connectivity index (χ0) is 23.2. The number of nitrogens with zero attached hydrogens (tertiary/aromatic N) is 3. The maximum absolute atomic E-state index is 12.7. The van der Waals surface area contributed by atoms with E-state index in [1.54, 1.807) is 37.7 Å². The molecule has 0 aliphatic rings. The van der Waals surface area contributed by atoms with Crippen molar-refractivity contribution in [3.8, 4) is 11.5 Å².